The molecule has 0 saturated heterocycles. The van der Waals surface area contributed by atoms with Gasteiger partial charge >= 0.3 is 18.5 Å². The van der Waals surface area contributed by atoms with E-state index in [0.29, 0.717) is 61.4 Å². The fourth-order valence-electron chi connectivity index (χ4n) is 5.51. The van der Waals surface area contributed by atoms with E-state index in [1.54, 1.807) is 18.3 Å². The monoisotopic (exact) mass is 706 g/mol. The SMILES string of the molecule is NC(N)=NCCCNCc1ccc(N2C=C3C=C(c4cc(CCCCNC(=O)OCc5ccccc5)cc(OC(F)(F)F)c4)NC3NC2=O)cc1. The number of halogens is 3. The van der Waals surface area contributed by atoms with E-state index in [1.807, 2.05) is 54.6 Å². The van der Waals surface area contributed by atoms with Gasteiger partial charge < -0.3 is 42.2 Å². The average molecular weight is 707 g/mol. The summed E-state index contributed by atoms with van der Waals surface area (Å²) in [6.07, 6.45) is -0.0811. The van der Waals surface area contributed by atoms with Crippen LogP contribution in [0.5, 0.6) is 5.75 Å². The molecule has 1 unspecified atom stereocenters. The van der Waals surface area contributed by atoms with Gasteiger partial charge in [-0.2, -0.15) is 0 Å². The van der Waals surface area contributed by atoms with Crippen LogP contribution < -0.4 is 42.4 Å². The summed E-state index contributed by atoms with van der Waals surface area (Å²) in [4.78, 5) is 30.5. The molecule has 0 fully saturated rings. The number of rotatable bonds is 16. The Balaban J connectivity index is 1.18. The summed E-state index contributed by atoms with van der Waals surface area (Å²) in [7, 11) is 0. The van der Waals surface area contributed by atoms with Crippen LogP contribution in [-0.4, -0.2) is 50.2 Å². The molecule has 270 valence electrons. The van der Waals surface area contributed by atoms with Crippen molar-refractivity contribution in [3.05, 3.63) is 113 Å². The molecule has 0 aromatic heterocycles. The summed E-state index contributed by atoms with van der Waals surface area (Å²) in [5.41, 5.74) is 15.6. The van der Waals surface area contributed by atoms with Gasteiger partial charge in [-0.3, -0.25) is 9.89 Å². The van der Waals surface area contributed by atoms with E-state index in [2.05, 4.69) is 31.0 Å². The highest BCUT2D eigenvalue weighted by molar-refractivity contribution is 5.96. The first-order valence-electron chi connectivity index (χ1n) is 16.5. The zero-order chi connectivity index (χ0) is 36.2. The van der Waals surface area contributed by atoms with Crippen molar-refractivity contribution < 1.29 is 32.2 Å². The third-order valence-electron chi connectivity index (χ3n) is 7.94. The van der Waals surface area contributed by atoms with Crippen LogP contribution in [0.3, 0.4) is 0 Å². The quantitative estimate of drug-likeness (QED) is 0.0690. The second-order valence-corrected chi connectivity index (χ2v) is 11.9. The third kappa shape index (κ3) is 11.4. The summed E-state index contributed by atoms with van der Waals surface area (Å²) in [5.74, 6) is -0.278. The van der Waals surface area contributed by atoms with Crippen molar-refractivity contribution >= 4 is 29.5 Å². The number of aliphatic imine (C=N–C) groups is 1. The van der Waals surface area contributed by atoms with Crippen LogP contribution in [0.25, 0.3) is 5.70 Å². The number of carbonyl (C=O) groups is 2. The number of guanidine groups is 1. The van der Waals surface area contributed by atoms with Crippen LogP contribution in [0, 0.1) is 0 Å². The number of anilines is 1. The number of benzene rings is 3. The summed E-state index contributed by atoms with van der Waals surface area (Å²) in [6, 6.07) is 20.9. The molecule has 3 amide bonds. The average Bonchev–Trinajstić information content (AvgIpc) is 3.51. The van der Waals surface area contributed by atoms with Crippen molar-refractivity contribution in [1.82, 2.24) is 21.3 Å². The van der Waals surface area contributed by atoms with E-state index >= 15 is 0 Å². The number of nitrogens with one attached hydrogen (secondary N) is 4. The normalized spacial score (nSPS) is 15.2. The zero-order valence-electron chi connectivity index (χ0n) is 27.8. The fourth-order valence-corrected chi connectivity index (χ4v) is 5.51. The van der Waals surface area contributed by atoms with Gasteiger partial charge in [0.25, 0.3) is 0 Å². The minimum Gasteiger partial charge on any atom is -0.445 e. The lowest BCUT2D eigenvalue weighted by atomic mass is 10.0. The summed E-state index contributed by atoms with van der Waals surface area (Å²) in [5, 5.41) is 12.1. The number of fused-ring (bicyclic) bond motifs is 1. The predicted octanol–water partition coefficient (Wildman–Crippen LogP) is 4.97. The number of amides is 3. The lowest BCUT2D eigenvalue weighted by Crippen LogP contribution is -2.51. The number of ether oxygens (including phenoxy) is 2. The highest BCUT2D eigenvalue weighted by Crippen LogP contribution is 2.32. The molecule has 2 aliphatic rings. The van der Waals surface area contributed by atoms with Crippen molar-refractivity contribution in [2.45, 2.75) is 51.4 Å². The van der Waals surface area contributed by atoms with Crippen molar-refractivity contribution in [1.29, 1.82) is 0 Å². The first-order valence-corrected chi connectivity index (χ1v) is 16.5. The van der Waals surface area contributed by atoms with E-state index in [-0.39, 0.29) is 24.3 Å². The number of alkyl carbamates (subject to hydrolysis) is 1. The van der Waals surface area contributed by atoms with Gasteiger partial charge in [0, 0.05) is 42.7 Å². The van der Waals surface area contributed by atoms with Gasteiger partial charge in [-0.25, -0.2) is 9.59 Å². The summed E-state index contributed by atoms with van der Waals surface area (Å²) < 4.78 is 49.2. The number of alkyl halides is 3. The number of carbonyl (C=O) groups excluding carboxylic acids is 2. The molecule has 1 atom stereocenters. The Morgan fingerprint density at radius 2 is 1.71 bits per heavy atom. The zero-order valence-corrected chi connectivity index (χ0v) is 27.8. The lowest BCUT2D eigenvalue weighted by Gasteiger charge is -2.29. The molecule has 12 nitrogen and oxygen atoms in total. The van der Waals surface area contributed by atoms with Gasteiger partial charge in [0.2, 0.25) is 0 Å². The van der Waals surface area contributed by atoms with E-state index in [1.165, 1.54) is 17.0 Å². The summed E-state index contributed by atoms with van der Waals surface area (Å²) >= 11 is 0. The van der Waals surface area contributed by atoms with Crippen LogP contribution in [-0.2, 0) is 24.3 Å². The molecular weight excluding hydrogens is 665 g/mol. The maximum atomic E-state index is 13.2. The number of nitrogens with zero attached hydrogens (tertiary/aromatic N) is 2. The van der Waals surface area contributed by atoms with Crippen LogP contribution in [0.15, 0.2) is 95.6 Å². The molecule has 2 aliphatic heterocycles. The maximum Gasteiger partial charge on any atom is 0.573 e. The van der Waals surface area contributed by atoms with Gasteiger partial charge in [-0.1, -0.05) is 42.5 Å². The van der Waals surface area contributed by atoms with Gasteiger partial charge in [0.15, 0.2) is 5.96 Å². The Morgan fingerprint density at radius 1 is 0.922 bits per heavy atom. The largest absolute Gasteiger partial charge is 0.573 e. The van der Waals surface area contributed by atoms with Crippen molar-refractivity contribution in [2.24, 2.45) is 16.5 Å². The van der Waals surface area contributed by atoms with Crippen molar-refractivity contribution in [3.63, 3.8) is 0 Å². The van der Waals surface area contributed by atoms with E-state index in [0.717, 1.165) is 29.7 Å². The van der Waals surface area contributed by atoms with E-state index in [4.69, 9.17) is 16.2 Å². The highest BCUT2D eigenvalue weighted by Gasteiger charge is 2.33. The minimum atomic E-state index is -4.87. The number of urea groups is 1. The Bertz CT molecular complexity index is 1740. The Hall–Kier alpha value is -5.70. The second kappa shape index (κ2) is 17.3. The third-order valence-corrected chi connectivity index (χ3v) is 7.94. The molecule has 0 spiro atoms. The minimum absolute atomic E-state index is 0.0706. The summed E-state index contributed by atoms with van der Waals surface area (Å²) in [6.45, 7) is 2.41. The molecule has 0 radical (unpaired) electrons. The molecule has 2 heterocycles. The maximum absolute atomic E-state index is 13.2. The first-order chi connectivity index (χ1) is 24.5. The first kappa shape index (κ1) is 36.6. The molecule has 3 aromatic rings. The number of nitrogens with two attached hydrogens (primary N) is 2. The highest BCUT2D eigenvalue weighted by atomic mass is 19.4. The second-order valence-electron chi connectivity index (χ2n) is 11.9. The van der Waals surface area contributed by atoms with Crippen LogP contribution in [0.4, 0.5) is 28.4 Å². The molecule has 0 bridgehead atoms. The Labute approximate surface area is 293 Å². The van der Waals surface area contributed by atoms with Crippen LogP contribution >= 0.6 is 0 Å². The van der Waals surface area contributed by atoms with Gasteiger partial charge in [-0.15, -0.1) is 13.2 Å². The number of aryl methyl sites for hydroxylation is 1. The fraction of sp³-hybridized carbons (Fsp3) is 0.306. The molecule has 15 heteroatoms. The Morgan fingerprint density at radius 3 is 2.45 bits per heavy atom. The van der Waals surface area contributed by atoms with Gasteiger partial charge in [-0.05, 0) is 85.3 Å². The molecule has 3 aromatic carbocycles. The van der Waals surface area contributed by atoms with Gasteiger partial charge in [0.1, 0.15) is 18.5 Å². The molecule has 51 heavy (non-hydrogen) atoms. The smallest absolute Gasteiger partial charge is 0.445 e. The van der Waals surface area contributed by atoms with E-state index in [9.17, 15) is 22.8 Å². The van der Waals surface area contributed by atoms with Crippen LogP contribution in [0.2, 0.25) is 0 Å². The molecule has 0 aliphatic carbocycles. The number of hydrogen-bond donors (Lipinski definition) is 6. The van der Waals surface area contributed by atoms with Crippen molar-refractivity contribution in [3.8, 4) is 5.75 Å². The molecule has 5 rings (SSSR count). The predicted molar refractivity (Wildman–Crippen MR) is 188 cm³/mol. The Kier molecular flexibility index (Phi) is 12.4. The molecule has 0 saturated carbocycles. The molecular formula is C36H41F3N8O4. The molecule has 8 N–H and O–H groups in total. The number of unbranched alkanes of at least 4 members (excludes halogenated alkanes) is 1. The van der Waals surface area contributed by atoms with Crippen molar-refractivity contribution in [2.75, 3.05) is 24.5 Å². The van der Waals surface area contributed by atoms with E-state index < -0.39 is 18.6 Å². The van der Waals surface area contributed by atoms with Crippen LogP contribution in [0.1, 0.15) is 41.5 Å². The standard InChI is InChI=1S/C36H41F3N8O4/c37-36(38,39)51-30-18-26(9-4-5-15-44-35(49)50-23-25-7-2-1-3-8-25)17-27(19-30)31-20-28-22-47(34(48)46-32(28)45-31)29-12-10-24(11-13-29)21-42-14-6-16-43-33(40)41/h1-3,7-8,10-13,17-20,22,32,42,45H,4-6,9,14-16,21,23H2,(H,44,49)(H,46,48)(H4,40,41,43). The lowest BCUT2D eigenvalue weighted by molar-refractivity contribution is -0.274. The van der Waals surface area contributed by atoms with Gasteiger partial charge in [0.05, 0.1) is 5.69 Å². The number of hydrogen-bond acceptors (Lipinski definition) is 7. The topological polar surface area (TPSA) is 168 Å².